The van der Waals surface area contributed by atoms with Crippen molar-refractivity contribution in [2.45, 2.75) is 17.8 Å². The van der Waals surface area contributed by atoms with Gasteiger partial charge in [0.2, 0.25) is 0 Å². The van der Waals surface area contributed by atoms with Crippen LogP contribution in [0.1, 0.15) is 12.0 Å². The zero-order valence-electron chi connectivity index (χ0n) is 15.5. The molecule has 2 aromatic carbocycles. The van der Waals surface area contributed by atoms with E-state index in [0.717, 1.165) is 0 Å². The first-order valence-corrected chi connectivity index (χ1v) is 10.2. The molecule has 2 rings (SSSR count). The Labute approximate surface area is 286 Å². The quantitative estimate of drug-likeness (QED) is 0.307. The van der Waals surface area contributed by atoms with Crippen LogP contribution in [0.2, 0.25) is 0 Å². The van der Waals surface area contributed by atoms with Crippen LogP contribution in [0.15, 0.2) is 54.6 Å². The molecule has 3 radical (unpaired) electrons. The van der Waals surface area contributed by atoms with Crippen molar-refractivity contribution in [1.82, 2.24) is 0 Å². The summed E-state index contributed by atoms with van der Waals surface area (Å²) in [7, 11) is -9.82. The number of hydrogen-bond donors (Lipinski definition) is 3. The van der Waals surface area contributed by atoms with Gasteiger partial charge >= 0.3 is 7.60 Å². The van der Waals surface area contributed by atoms with Gasteiger partial charge in [-0.1, -0.05) is 30.3 Å². The largest absolute Gasteiger partial charge is 0.457 e. The normalized spacial score (nSPS) is 12.0. The summed E-state index contributed by atoms with van der Waals surface area (Å²) in [6, 6.07) is 15.7. The van der Waals surface area contributed by atoms with Gasteiger partial charge in [0.25, 0.3) is 10.1 Å². The van der Waals surface area contributed by atoms with E-state index in [0.29, 0.717) is 17.1 Å². The van der Waals surface area contributed by atoms with E-state index in [2.05, 4.69) is 0 Å². The average molecular weight is 490 g/mol. The third-order valence-corrected chi connectivity index (χ3v) is 6.83. The number of benzene rings is 2. The molecule has 0 amide bonds. The third-order valence-electron chi connectivity index (χ3n) is 3.28. The van der Waals surface area contributed by atoms with Crippen molar-refractivity contribution in [2.75, 3.05) is 0 Å². The summed E-state index contributed by atoms with van der Waals surface area (Å²) in [5.41, 5.74) is 0.630. The molecule has 2 aromatic rings. The first-order valence-electron chi connectivity index (χ1n) is 6.99. The smallest absolute Gasteiger partial charge is 0.346 e. The van der Waals surface area contributed by atoms with E-state index < -0.39 is 29.1 Å². The summed E-state index contributed by atoms with van der Waals surface area (Å²) < 4.78 is 48.2. The van der Waals surface area contributed by atoms with Crippen molar-refractivity contribution in [2.24, 2.45) is 0 Å². The Bertz CT molecular complexity index is 843. The first-order chi connectivity index (χ1) is 11.2. The van der Waals surface area contributed by atoms with Gasteiger partial charge in [0.15, 0.2) is 4.99 Å². The van der Waals surface area contributed by atoms with Crippen molar-refractivity contribution in [3.05, 3.63) is 60.2 Å². The summed E-state index contributed by atoms with van der Waals surface area (Å²) in [6.07, 6.45) is -0.348. The number of hydrogen-bond acceptors (Lipinski definition) is 4. The molecule has 12 heteroatoms. The van der Waals surface area contributed by atoms with Gasteiger partial charge < -0.3 is 14.5 Å². The van der Waals surface area contributed by atoms with Crippen molar-refractivity contribution < 1.29 is 32.1 Å². The predicted molar refractivity (Wildman–Crippen MR) is 106 cm³/mol. The second kappa shape index (κ2) is 15.1. The summed E-state index contributed by atoms with van der Waals surface area (Å²) in [4.78, 5) is 16.0. The minimum absolute atomic E-state index is 0. The van der Waals surface area contributed by atoms with Crippen molar-refractivity contribution in [3.8, 4) is 11.5 Å². The molecule has 0 saturated heterocycles. The molecule has 0 aliphatic heterocycles. The predicted octanol–water partition coefficient (Wildman–Crippen LogP) is 1.66. The molecular formula is C15H17K3O7PS. The zero-order chi connectivity index (χ0) is 17.8. The summed E-state index contributed by atoms with van der Waals surface area (Å²) in [5.74, 6) is 1.14. The molecule has 0 aromatic heterocycles. The molecule has 1 unspecified atom stereocenters. The van der Waals surface area contributed by atoms with E-state index in [1.165, 1.54) is 0 Å². The Morgan fingerprint density at radius 2 is 1.48 bits per heavy atom. The summed E-state index contributed by atoms with van der Waals surface area (Å²) in [6.45, 7) is 0. The Hall–Kier alpha value is 3.21. The van der Waals surface area contributed by atoms with Crippen LogP contribution in [0, 0.1) is 0 Å². The molecule has 0 aliphatic carbocycles. The van der Waals surface area contributed by atoms with Gasteiger partial charge in [0.05, 0.1) is 0 Å². The number of rotatable bonds is 7. The maximum atomic E-state index is 11.2. The molecule has 0 bridgehead atoms. The van der Waals surface area contributed by atoms with Crippen LogP contribution in [0.4, 0.5) is 0 Å². The number of ether oxygens (including phenoxy) is 1. The van der Waals surface area contributed by atoms with E-state index in [-0.39, 0.29) is 161 Å². The molecule has 0 spiro atoms. The minimum atomic E-state index is -4.97. The second-order valence-electron chi connectivity index (χ2n) is 5.16. The van der Waals surface area contributed by atoms with Crippen LogP contribution in [0.3, 0.4) is 0 Å². The number of aryl methyl sites for hydroxylation is 1. The summed E-state index contributed by atoms with van der Waals surface area (Å²) >= 11 is 0. The second-order valence-corrected chi connectivity index (χ2v) is 8.91. The topological polar surface area (TPSA) is 121 Å². The Balaban J connectivity index is 0. The van der Waals surface area contributed by atoms with Crippen LogP contribution in [0.5, 0.6) is 11.5 Å². The fraction of sp³-hybridized carbons (Fsp3) is 0.200. The van der Waals surface area contributed by atoms with Crippen molar-refractivity contribution in [3.63, 3.8) is 0 Å². The van der Waals surface area contributed by atoms with Gasteiger partial charge in [-0.2, -0.15) is 8.42 Å². The van der Waals surface area contributed by atoms with Crippen LogP contribution in [0.25, 0.3) is 0 Å². The minimum Gasteiger partial charge on any atom is -0.457 e. The molecule has 7 nitrogen and oxygen atoms in total. The summed E-state index contributed by atoms with van der Waals surface area (Å²) in [5, 5.41) is 0. The van der Waals surface area contributed by atoms with Crippen LogP contribution in [-0.2, 0) is 21.1 Å². The van der Waals surface area contributed by atoms with E-state index in [1.807, 2.05) is 18.2 Å². The van der Waals surface area contributed by atoms with Gasteiger partial charge in [0, 0.05) is 154 Å². The van der Waals surface area contributed by atoms with Crippen LogP contribution < -0.4 is 4.74 Å². The molecular weight excluding hydrogens is 472 g/mol. The standard InChI is InChI=1S/C15H17O7PS.3K/c16-23(17,18)15(24(19,20)21)10-9-12-5-4-8-14(11-12)22-13-6-2-1-3-7-13;;;/h1-8,11,15H,9-10H2,(H2,16,17,18)(H,19,20,21);;;. The first kappa shape index (κ1) is 32.4. The van der Waals surface area contributed by atoms with E-state index >= 15 is 0 Å². The van der Waals surface area contributed by atoms with E-state index in [9.17, 15) is 13.0 Å². The monoisotopic (exact) mass is 489 g/mol. The van der Waals surface area contributed by atoms with Crippen LogP contribution >= 0.6 is 7.60 Å². The Morgan fingerprint density at radius 3 is 2.00 bits per heavy atom. The Morgan fingerprint density at radius 1 is 0.926 bits per heavy atom. The SMILES string of the molecule is O=P(O)(O)C(CCc1cccc(Oc2ccccc2)c1)S(=O)(=O)O.[K].[K].[K]. The maximum absolute atomic E-state index is 11.2. The van der Waals surface area contributed by atoms with E-state index in [1.54, 1.807) is 36.4 Å². The molecule has 1 atom stereocenters. The van der Waals surface area contributed by atoms with Gasteiger partial charge in [0.1, 0.15) is 11.5 Å². The van der Waals surface area contributed by atoms with E-state index in [4.69, 9.17) is 19.1 Å². The van der Waals surface area contributed by atoms with Gasteiger partial charge in [-0.25, -0.2) is 0 Å². The third kappa shape index (κ3) is 12.1. The molecule has 27 heavy (non-hydrogen) atoms. The number of para-hydroxylation sites is 1. The van der Waals surface area contributed by atoms with Gasteiger partial charge in [-0.15, -0.1) is 0 Å². The van der Waals surface area contributed by atoms with Crippen molar-refractivity contribution >= 4 is 172 Å². The molecule has 0 fully saturated rings. The Kier molecular flexibility index (Phi) is 18.1. The molecule has 0 aliphatic rings. The zero-order valence-corrected chi connectivity index (χ0v) is 26.6. The van der Waals surface area contributed by atoms with Crippen LogP contribution in [-0.4, -0.2) is 182 Å². The average Bonchev–Trinajstić information content (AvgIpc) is 2.46. The van der Waals surface area contributed by atoms with Gasteiger partial charge in [-0.3, -0.25) is 9.12 Å². The fourth-order valence-electron chi connectivity index (χ4n) is 2.17. The molecule has 3 N–H and O–H groups in total. The maximum Gasteiger partial charge on any atom is 0.346 e. The van der Waals surface area contributed by atoms with Gasteiger partial charge in [-0.05, 0) is 42.7 Å². The molecule has 133 valence electrons. The van der Waals surface area contributed by atoms with Crippen molar-refractivity contribution in [1.29, 1.82) is 0 Å². The molecule has 0 heterocycles. The molecule has 0 saturated carbocycles. The fourth-order valence-corrected chi connectivity index (χ4v) is 4.44.